The Hall–Kier alpha value is -0.120. The van der Waals surface area contributed by atoms with Crippen molar-refractivity contribution in [2.75, 3.05) is 45.8 Å². The first-order chi connectivity index (χ1) is 8.90. The first-order valence-electron chi connectivity index (χ1n) is 8.07. The van der Waals surface area contributed by atoms with E-state index in [0.717, 1.165) is 6.04 Å². The van der Waals surface area contributed by atoms with Gasteiger partial charge in [0, 0.05) is 45.3 Å². The lowest BCUT2D eigenvalue weighted by atomic mass is 10.2. The van der Waals surface area contributed by atoms with Gasteiger partial charge in [-0.25, -0.2) is 0 Å². The van der Waals surface area contributed by atoms with Gasteiger partial charge in [0.05, 0.1) is 0 Å². The zero-order valence-corrected chi connectivity index (χ0v) is 12.2. The number of nitrogens with one attached hydrogen (secondary N) is 1. The van der Waals surface area contributed by atoms with Crippen LogP contribution in [0.1, 0.15) is 45.4 Å². The van der Waals surface area contributed by atoms with Crippen LogP contribution in [0.15, 0.2) is 0 Å². The molecule has 0 unspecified atom stereocenters. The SMILES string of the molecule is CCCCCCNCCN1CCN(C2CC2)CC1. The van der Waals surface area contributed by atoms with Gasteiger partial charge in [-0.1, -0.05) is 26.2 Å². The lowest BCUT2D eigenvalue weighted by molar-refractivity contribution is 0.127. The molecule has 1 saturated carbocycles. The Kier molecular flexibility index (Phi) is 6.46. The molecule has 3 nitrogen and oxygen atoms in total. The molecule has 1 saturated heterocycles. The first kappa shape index (κ1) is 14.3. The van der Waals surface area contributed by atoms with E-state index in [1.54, 1.807) is 0 Å². The van der Waals surface area contributed by atoms with Crippen molar-refractivity contribution >= 4 is 0 Å². The fourth-order valence-electron chi connectivity index (χ4n) is 2.83. The van der Waals surface area contributed by atoms with Crippen LogP contribution in [0.4, 0.5) is 0 Å². The summed E-state index contributed by atoms with van der Waals surface area (Å²) in [4.78, 5) is 5.31. The Morgan fingerprint density at radius 1 is 0.944 bits per heavy atom. The molecule has 18 heavy (non-hydrogen) atoms. The van der Waals surface area contributed by atoms with Crippen molar-refractivity contribution in [1.29, 1.82) is 0 Å². The summed E-state index contributed by atoms with van der Waals surface area (Å²) in [6.45, 7) is 11.1. The molecule has 0 aromatic heterocycles. The molecule has 1 heterocycles. The van der Waals surface area contributed by atoms with Crippen molar-refractivity contribution in [2.24, 2.45) is 0 Å². The molecule has 3 heteroatoms. The molecule has 0 radical (unpaired) electrons. The van der Waals surface area contributed by atoms with Gasteiger partial charge in [0.25, 0.3) is 0 Å². The van der Waals surface area contributed by atoms with E-state index >= 15 is 0 Å². The van der Waals surface area contributed by atoms with Crippen molar-refractivity contribution in [3.8, 4) is 0 Å². The highest BCUT2D eigenvalue weighted by molar-refractivity contribution is 4.87. The topological polar surface area (TPSA) is 18.5 Å². The molecule has 2 fully saturated rings. The molecule has 0 atom stereocenters. The molecular weight excluding hydrogens is 222 g/mol. The van der Waals surface area contributed by atoms with Crippen LogP contribution >= 0.6 is 0 Å². The van der Waals surface area contributed by atoms with Crippen molar-refractivity contribution in [1.82, 2.24) is 15.1 Å². The molecule has 1 N–H and O–H groups in total. The minimum Gasteiger partial charge on any atom is -0.315 e. The fraction of sp³-hybridized carbons (Fsp3) is 1.00. The molecule has 2 rings (SSSR count). The highest BCUT2D eigenvalue weighted by Gasteiger charge is 2.30. The number of hydrogen-bond donors (Lipinski definition) is 1. The van der Waals surface area contributed by atoms with Gasteiger partial charge < -0.3 is 5.32 Å². The quantitative estimate of drug-likeness (QED) is 0.634. The van der Waals surface area contributed by atoms with Crippen molar-refractivity contribution in [3.63, 3.8) is 0 Å². The summed E-state index contributed by atoms with van der Waals surface area (Å²) in [7, 11) is 0. The predicted molar refractivity (Wildman–Crippen MR) is 78.0 cm³/mol. The van der Waals surface area contributed by atoms with Gasteiger partial charge in [0.15, 0.2) is 0 Å². The van der Waals surface area contributed by atoms with E-state index in [1.807, 2.05) is 0 Å². The van der Waals surface area contributed by atoms with Crippen molar-refractivity contribution in [2.45, 2.75) is 51.5 Å². The third-order valence-corrected chi connectivity index (χ3v) is 4.28. The standard InChI is InChI=1S/C15H31N3/c1-2-3-4-5-8-16-9-10-17-11-13-18(14-12-17)15-6-7-15/h15-16H,2-14H2,1H3. The van der Waals surface area contributed by atoms with Crippen LogP contribution in [0.5, 0.6) is 0 Å². The van der Waals surface area contributed by atoms with Gasteiger partial charge in [-0.05, 0) is 25.8 Å². The molecule has 2 aliphatic rings. The van der Waals surface area contributed by atoms with E-state index in [4.69, 9.17) is 0 Å². The van der Waals surface area contributed by atoms with E-state index in [-0.39, 0.29) is 0 Å². The normalized spacial score (nSPS) is 22.5. The number of piperazine rings is 1. The van der Waals surface area contributed by atoms with Gasteiger partial charge in [-0.2, -0.15) is 0 Å². The maximum Gasteiger partial charge on any atom is 0.0113 e. The van der Waals surface area contributed by atoms with Gasteiger partial charge in [-0.3, -0.25) is 9.80 Å². The molecule has 1 aliphatic carbocycles. The summed E-state index contributed by atoms with van der Waals surface area (Å²) in [5.41, 5.74) is 0. The molecular formula is C15H31N3. The van der Waals surface area contributed by atoms with E-state index in [0.29, 0.717) is 0 Å². The highest BCUT2D eigenvalue weighted by Crippen LogP contribution is 2.27. The average molecular weight is 253 g/mol. The van der Waals surface area contributed by atoms with Gasteiger partial charge >= 0.3 is 0 Å². The first-order valence-corrected chi connectivity index (χ1v) is 8.07. The smallest absolute Gasteiger partial charge is 0.0113 e. The van der Waals surface area contributed by atoms with E-state index in [1.165, 1.54) is 84.3 Å². The maximum absolute atomic E-state index is 3.58. The monoisotopic (exact) mass is 253 g/mol. The molecule has 0 spiro atoms. The number of rotatable bonds is 9. The van der Waals surface area contributed by atoms with Crippen molar-refractivity contribution in [3.05, 3.63) is 0 Å². The molecule has 106 valence electrons. The van der Waals surface area contributed by atoms with Crippen LogP contribution in [0.25, 0.3) is 0 Å². The summed E-state index contributed by atoms with van der Waals surface area (Å²) >= 11 is 0. The van der Waals surface area contributed by atoms with Gasteiger partial charge in [0.2, 0.25) is 0 Å². The summed E-state index contributed by atoms with van der Waals surface area (Å²) in [6.07, 6.45) is 8.39. The van der Waals surface area contributed by atoms with Crippen LogP contribution in [0.3, 0.4) is 0 Å². The number of hydrogen-bond acceptors (Lipinski definition) is 3. The zero-order chi connectivity index (χ0) is 12.6. The maximum atomic E-state index is 3.58. The Bertz CT molecular complexity index is 208. The molecule has 0 bridgehead atoms. The summed E-state index contributed by atoms with van der Waals surface area (Å²) in [6, 6.07) is 0.962. The number of nitrogens with zero attached hydrogens (tertiary/aromatic N) is 2. The van der Waals surface area contributed by atoms with Gasteiger partial charge in [-0.15, -0.1) is 0 Å². The van der Waals surface area contributed by atoms with Crippen LogP contribution in [0.2, 0.25) is 0 Å². The summed E-state index contributed by atoms with van der Waals surface area (Å²) < 4.78 is 0. The minimum atomic E-state index is 0.962. The van der Waals surface area contributed by atoms with Crippen molar-refractivity contribution < 1.29 is 0 Å². The molecule has 0 amide bonds. The number of unbranched alkanes of at least 4 members (excludes halogenated alkanes) is 3. The summed E-state index contributed by atoms with van der Waals surface area (Å²) in [5.74, 6) is 0. The lowest BCUT2D eigenvalue weighted by Crippen LogP contribution is -2.48. The molecule has 0 aromatic carbocycles. The molecule has 1 aliphatic heterocycles. The second-order valence-electron chi connectivity index (χ2n) is 5.92. The largest absolute Gasteiger partial charge is 0.315 e. The predicted octanol–water partition coefficient (Wildman–Crippen LogP) is 1.94. The van der Waals surface area contributed by atoms with Crippen LogP contribution in [-0.4, -0.2) is 61.7 Å². The third-order valence-electron chi connectivity index (χ3n) is 4.28. The Labute approximate surface area is 113 Å². The average Bonchev–Trinajstić information content (AvgIpc) is 3.23. The lowest BCUT2D eigenvalue weighted by Gasteiger charge is -2.34. The van der Waals surface area contributed by atoms with Crippen LogP contribution < -0.4 is 5.32 Å². The Morgan fingerprint density at radius 2 is 1.72 bits per heavy atom. The fourth-order valence-corrected chi connectivity index (χ4v) is 2.83. The highest BCUT2D eigenvalue weighted by atomic mass is 15.3. The summed E-state index contributed by atoms with van der Waals surface area (Å²) in [5, 5.41) is 3.58. The Morgan fingerprint density at radius 3 is 2.39 bits per heavy atom. The van der Waals surface area contributed by atoms with Crippen LogP contribution in [-0.2, 0) is 0 Å². The second-order valence-corrected chi connectivity index (χ2v) is 5.92. The van der Waals surface area contributed by atoms with E-state index in [9.17, 15) is 0 Å². The van der Waals surface area contributed by atoms with Gasteiger partial charge in [0.1, 0.15) is 0 Å². The Balaban J connectivity index is 1.40. The van der Waals surface area contributed by atoms with E-state index < -0.39 is 0 Å². The minimum absolute atomic E-state index is 0.962. The van der Waals surface area contributed by atoms with E-state index in [2.05, 4.69) is 22.0 Å². The zero-order valence-electron chi connectivity index (χ0n) is 12.2. The molecule has 0 aromatic rings. The van der Waals surface area contributed by atoms with Crippen LogP contribution in [0, 0.1) is 0 Å². The second kappa shape index (κ2) is 8.13. The third kappa shape index (κ3) is 5.25.